The standard InChI is InChI=1S/C13H16FN3O3/c1-15-10-4-3-9(7-16-10)11(18)17-6-5-13(14,8-17)12(19)20-2/h3-4,7H,5-6,8H2,1-2H3,(H,15,16)/t13-/m1/s1. The van der Waals surface area contributed by atoms with Gasteiger partial charge >= 0.3 is 5.97 Å². The third-order valence-electron chi connectivity index (χ3n) is 3.32. The largest absolute Gasteiger partial charge is 0.467 e. The Hall–Kier alpha value is -2.18. The van der Waals surface area contributed by atoms with E-state index in [1.165, 1.54) is 11.1 Å². The second-order valence-electron chi connectivity index (χ2n) is 4.62. The van der Waals surface area contributed by atoms with Crippen molar-refractivity contribution in [2.24, 2.45) is 0 Å². The number of hydrogen-bond donors (Lipinski definition) is 1. The average Bonchev–Trinajstić information content (AvgIpc) is 2.89. The summed E-state index contributed by atoms with van der Waals surface area (Å²) >= 11 is 0. The zero-order valence-corrected chi connectivity index (χ0v) is 11.4. The van der Waals surface area contributed by atoms with Crippen LogP contribution in [0.4, 0.5) is 10.2 Å². The Bertz CT molecular complexity index is 520. The number of nitrogens with zero attached hydrogens (tertiary/aromatic N) is 2. The van der Waals surface area contributed by atoms with Crippen LogP contribution < -0.4 is 5.32 Å². The van der Waals surface area contributed by atoms with Crippen LogP contribution in [-0.4, -0.2) is 54.7 Å². The summed E-state index contributed by atoms with van der Waals surface area (Å²) in [6.45, 7) is -0.107. The highest BCUT2D eigenvalue weighted by atomic mass is 19.1. The Morgan fingerprint density at radius 1 is 1.50 bits per heavy atom. The molecule has 1 saturated heterocycles. The van der Waals surface area contributed by atoms with E-state index in [9.17, 15) is 14.0 Å². The number of halogens is 1. The number of esters is 1. The van der Waals surface area contributed by atoms with Gasteiger partial charge in [0, 0.05) is 26.2 Å². The minimum absolute atomic E-state index is 0.0482. The molecule has 1 N–H and O–H groups in total. The highest BCUT2D eigenvalue weighted by Gasteiger charge is 2.47. The summed E-state index contributed by atoms with van der Waals surface area (Å²) in [5, 5.41) is 2.84. The molecular weight excluding hydrogens is 265 g/mol. The summed E-state index contributed by atoms with van der Waals surface area (Å²) in [6, 6.07) is 3.27. The topological polar surface area (TPSA) is 71.5 Å². The van der Waals surface area contributed by atoms with Crippen molar-refractivity contribution >= 4 is 17.7 Å². The van der Waals surface area contributed by atoms with Gasteiger partial charge in [-0.3, -0.25) is 4.79 Å². The van der Waals surface area contributed by atoms with Crippen LogP contribution >= 0.6 is 0 Å². The molecule has 0 aliphatic carbocycles. The van der Waals surface area contributed by atoms with E-state index in [4.69, 9.17) is 0 Å². The molecule has 108 valence electrons. The molecule has 1 fully saturated rings. The molecule has 0 saturated carbocycles. The number of pyridine rings is 1. The van der Waals surface area contributed by atoms with Crippen molar-refractivity contribution in [3.05, 3.63) is 23.9 Å². The SMILES string of the molecule is CNc1ccc(C(=O)N2CC[C@](F)(C(=O)OC)C2)cn1. The van der Waals surface area contributed by atoms with E-state index >= 15 is 0 Å². The van der Waals surface area contributed by atoms with Gasteiger partial charge in [0.05, 0.1) is 19.2 Å². The molecule has 1 aliphatic rings. The maximum absolute atomic E-state index is 14.3. The van der Waals surface area contributed by atoms with Crippen molar-refractivity contribution in [2.75, 3.05) is 32.6 Å². The summed E-state index contributed by atoms with van der Waals surface area (Å²) in [5.74, 6) is -0.641. The van der Waals surface area contributed by atoms with Gasteiger partial charge in [-0.25, -0.2) is 14.2 Å². The lowest BCUT2D eigenvalue weighted by Crippen LogP contribution is -2.39. The molecule has 1 aliphatic heterocycles. The molecular formula is C13H16FN3O3. The fraction of sp³-hybridized carbons (Fsp3) is 0.462. The van der Waals surface area contributed by atoms with Crippen molar-refractivity contribution in [3.8, 4) is 0 Å². The van der Waals surface area contributed by atoms with Gasteiger partial charge < -0.3 is 15.0 Å². The highest BCUT2D eigenvalue weighted by Crippen LogP contribution is 2.28. The number of methoxy groups -OCH3 is 1. The molecule has 20 heavy (non-hydrogen) atoms. The molecule has 7 heteroatoms. The van der Waals surface area contributed by atoms with Crippen molar-refractivity contribution in [3.63, 3.8) is 0 Å². The van der Waals surface area contributed by atoms with E-state index in [0.29, 0.717) is 11.4 Å². The van der Waals surface area contributed by atoms with Crippen LogP contribution in [0.25, 0.3) is 0 Å². The number of hydrogen-bond acceptors (Lipinski definition) is 5. The van der Waals surface area contributed by atoms with Gasteiger partial charge in [0.1, 0.15) is 5.82 Å². The van der Waals surface area contributed by atoms with Crippen molar-refractivity contribution in [2.45, 2.75) is 12.1 Å². The number of alkyl halides is 1. The molecule has 1 aromatic rings. The molecule has 0 radical (unpaired) electrons. The predicted molar refractivity (Wildman–Crippen MR) is 70.2 cm³/mol. The van der Waals surface area contributed by atoms with Crippen molar-refractivity contribution in [1.82, 2.24) is 9.88 Å². The van der Waals surface area contributed by atoms with E-state index in [-0.39, 0.29) is 25.4 Å². The van der Waals surface area contributed by atoms with Crippen LogP contribution in [0.3, 0.4) is 0 Å². The molecule has 0 spiro atoms. The van der Waals surface area contributed by atoms with E-state index in [2.05, 4.69) is 15.0 Å². The fourth-order valence-electron chi connectivity index (χ4n) is 2.15. The van der Waals surface area contributed by atoms with Gasteiger partial charge in [0.2, 0.25) is 5.67 Å². The maximum Gasteiger partial charge on any atom is 0.345 e. The number of likely N-dealkylation sites (tertiary alicyclic amines) is 1. The Balaban J connectivity index is 2.09. The summed E-state index contributed by atoms with van der Waals surface area (Å²) in [4.78, 5) is 28.9. The number of amides is 1. The molecule has 6 nitrogen and oxygen atoms in total. The van der Waals surface area contributed by atoms with Gasteiger partial charge in [0.15, 0.2) is 0 Å². The number of aromatic nitrogens is 1. The van der Waals surface area contributed by atoms with E-state index in [1.807, 2.05) is 0 Å². The Morgan fingerprint density at radius 2 is 2.25 bits per heavy atom. The first-order valence-corrected chi connectivity index (χ1v) is 6.20. The molecule has 0 bridgehead atoms. The summed E-state index contributed by atoms with van der Waals surface area (Å²) in [7, 11) is 2.85. The molecule has 0 unspecified atom stereocenters. The number of carbonyl (C=O) groups is 2. The smallest absolute Gasteiger partial charge is 0.345 e. The van der Waals surface area contributed by atoms with Gasteiger partial charge in [-0.05, 0) is 12.1 Å². The summed E-state index contributed by atoms with van der Waals surface area (Å²) in [6.07, 6.45) is 1.37. The van der Waals surface area contributed by atoms with E-state index in [0.717, 1.165) is 7.11 Å². The second kappa shape index (κ2) is 5.44. The van der Waals surface area contributed by atoms with E-state index in [1.54, 1.807) is 19.2 Å². The van der Waals surface area contributed by atoms with Crippen molar-refractivity contribution in [1.29, 1.82) is 0 Å². The van der Waals surface area contributed by atoms with Crippen LogP contribution in [-0.2, 0) is 9.53 Å². The number of anilines is 1. The minimum atomic E-state index is -2.11. The summed E-state index contributed by atoms with van der Waals surface area (Å²) in [5.41, 5.74) is -1.75. The third kappa shape index (κ3) is 2.56. The Labute approximate surface area is 115 Å². The second-order valence-corrected chi connectivity index (χ2v) is 4.62. The van der Waals surface area contributed by atoms with Crippen LogP contribution in [0.15, 0.2) is 18.3 Å². The van der Waals surface area contributed by atoms with E-state index < -0.39 is 11.6 Å². The first kappa shape index (κ1) is 14.2. The van der Waals surface area contributed by atoms with Crippen LogP contribution in [0.1, 0.15) is 16.8 Å². The van der Waals surface area contributed by atoms with Gasteiger partial charge in [0.25, 0.3) is 5.91 Å². The normalized spacial score (nSPS) is 21.6. The highest BCUT2D eigenvalue weighted by molar-refractivity contribution is 5.95. The van der Waals surface area contributed by atoms with Crippen LogP contribution in [0, 0.1) is 0 Å². The number of carbonyl (C=O) groups excluding carboxylic acids is 2. The fourth-order valence-corrected chi connectivity index (χ4v) is 2.15. The first-order valence-electron chi connectivity index (χ1n) is 6.20. The first-order chi connectivity index (χ1) is 9.50. The van der Waals surface area contributed by atoms with Gasteiger partial charge in [-0.1, -0.05) is 0 Å². The zero-order valence-electron chi connectivity index (χ0n) is 11.4. The molecule has 0 aromatic carbocycles. The lowest BCUT2D eigenvalue weighted by Gasteiger charge is -2.18. The van der Waals surface area contributed by atoms with Crippen LogP contribution in [0.2, 0.25) is 0 Å². The monoisotopic (exact) mass is 281 g/mol. The number of ether oxygens (including phenoxy) is 1. The van der Waals surface area contributed by atoms with Crippen molar-refractivity contribution < 1.29 is 18.7 Å². The molecule has 1 amide bonds. The predicted octanol–water partition coefficient (Wildman–Crippen LogP) is 0.851. The van der Waals surface area contributed by atoms with Gasteiger partial charge in [-0.2, -0.15) is 0 Å². The molecule has 2 rings (SSSR count). The minimum Gasteiger partial charge on any atom is -0.467 e. The quantitative estimate of drug-likeness (QED) is 0.832. The number of rotatable bonds is 3. The lowest BCUT2D eigenvalue weighted by molar-refractivity contribution is -0.153. The Kier molecular flexibility index (Phi) is 3.87. The maximum atomic E-state index is 14.3. The molecule has 2 heterocycles. The van der Waals surface area contributed by atoms with Gasteiger partial charge in [-0.15, -0.1) is 0 Å². The lowest BCUT2D eigenvalue weighted by atomic mass is 10.1. The zero-order chi connectivity index (χ0) is 14.8. The Morgan fingerprint density at radius 3 is 2.80 bits per heavy atom. The summed E-state index contributed by atoms with van der Waals surface area (Å²) < 4.78 is 18.7. The third-order valence-corrected chi connectivity index (χ3v) is 3.32. The number of nitrogens with one attached hydrogen (secondary N) is 1. The van der Waals surface area contributed by atoms with Crippen LogP contribution in [0.5, 0.6) is 0 Å². The average molecular weight is 281 g/mol. The molecule has 1 atom stereocenters. The molecule has 1 aromatic heterocycles.